The Balaban J connectivity index is 1.86. The van der Waals surface area contributed by atoms with Crippen LogP contribution in [-0.2, 0) is 0 Å². The standard InChI is InChI=1S/C17H19N5/c1-12-4-3-7-22(10-12)17-15-14(13-5-2-6-18-8-13)9-19-16(15)20-11-21-17/h2,5-6,8-9,11-12H,3-4,7,10H2,1H3,(H,19,20,21)/t12-/m0/s1. The molecule has 1 saturated heterocycles. The molecule has 3 aromatic rings. The molecule has 0 saturated carbocycles. The van der Waals surface area contributed by atoms with Crippen LogP contribution in [0.2, 0.25) is 0 Å². The van der Waals surface area contributed by atoms with Gasteiger partial charge in [-0.15, -0.1) is 0 Å². The van der Waals surface area contributed by atoms with E-state index in [-0.39, 0.29) is 0 Å². The molecule has 112 valence electrons. The molecule has 4 rings (SSSR count). The summed E-state index contributed by atoms with van der Waals surface area (Å²) in [4.78, 5) is 18.9. The summed E-state index contributed by atoms with van der Waals surface area (Å²) in [5.74, 6) is 1.75. The second kappa shape index (κ2) is 5.40. The van der Waals surface area contributed by atoms with Crippen LogP contribution in [0.25, 0.3) is 22.2 Å². The van der Waals surface area contributed by atoms with Crippen molar-refractivity contribution in [3.05, 3.63) is 37.1 Å². The summed E-state index contributed by atoms with van der Waals surface area (Å²) in [6, 6.07) is 4.03. The lowest BCUT2D eigenvalue weighted by atomic mass is 9.99. The smallest absolute Gasteiger partial charge is 0.143 e. The Morgan fingerprint density at radius 1 is 1.32 bits per heavy atom. The number of H-pyrrole nitrogens is 1. The zero-order valence-electron chi connectivity index (χ0n) is 12.7. The summed E-state index contributed by atoms with van der Waals surface area (Å²) in [5, 5.41) is 1.10. The number of hydrogen-bond acceptors (Lipinski definition) is 4. The summed E-state index contributed by atoms with van der Waals surface area (Å²) in [7, 11) is 0. The van der Waals surface area contributed by atoms with E-state index in [1.807, 2.05) is 18.5 Å². The Hall–Kier alpha value is -2.43. The van der Waals surface area contributed by atoms with Gasteiger partial charge in [0.15, 0.2) is 0 Å². The maximum atomic E-state index is 4.60. The third kappa shape index (κ3) is 2.22. The predicted molar refractivity (Wildman–Crippen MR) is 87.7 cm³/mol. The monoisotopic (exact) mass is 293 g/mol. The molecule has 0 aliphatic carbocycles. The van der Waals surface area contributed by atoms with Gasteiger partial charge >= 0.3 is 0 Å². The number of fused-ring (bicyclic) bond motifs is 1. The molecular weight excluding hydrogens is 274 g/mol. The van der Waals surface area contributed by atoms with Crippen molar-refractivity contribution >= 4 is 16.9 Å². The Morgan fingerprint density at radius 3 is 3.09 bits per heavy atom. The number of nitrogens with one attached hydrogen (secondary N) is 1. The molecule has 22 heavy (non-hydrogen) atoms. The molecule has 0 unspecified atom stereocenters. The van der Waals surface area contributed by atoms with Crippen LogP contribution in [0, 0.1) is 5.92 Å². The second-order valence-corrected chi connectivity index (χ2v) is 6.06. The first kappa shape index (κ1) is 13.2. The van der Waals surface area contributed by atoms with Crippen molar-refractivity contribution in [3.63, 3.8) is 0 Å². The zero-order valence-corrected chi connectivity index (χ0v) is 12.7. The van der Waals surface area contributed by atoms with E-state index in [4.69, 9.17) is 0 Å². The van der Waals surface area contributed by atoms with Crippen LogP contribution in [0.1, 0.15) is 19.8 Å². The minimum absolute atomic E-state index is 0.708. The van der Waals surface area contributed by atoms with E-state index in [2.05, 4.69) is 37.8 Å². The van der Waals surface area contributed by atoms with Crippen molar-refractivity contribution in [1.82, 2.24) is 19.9 Å². The van der Waals surface area contributed by atoms with Gasteiger partial charge in [-0.25, -0.2) is 9.97 Å². The molecule has 1 N–H and O–H groups in total. The molecule has 0 radical (unpaired) electrons. The maximum absolute atomic E-state index is 4.60. The van der Waals surface area contributed by atoms with E-state index < -0.39 is 0 Å². The number of hydrogen-bond donors (Lipinski definition) is 1. The van der Waals surface area contributed by atoms with Gasteiger partial charge in [0.05, 0.1) is 5.39 Å². The quantitative estimate of drug-likeness (QED) is 0.788. The van der Waals surface area contributed by atoms with Crippen LogP contribution in [0.3, 0.4) is 0 Å². The second-order valence-electron chi connectivity index (χ2n) is 6.06. The van der Waals surface area contributed by atoms with Gasteiger partial charge in [0.1, 0.15) is 17.8 Å². The lowest BCUT2D eigenvalue weighted by molar-refractivity contribution is 0.445. The summed E-state index contributed by atoms with van der Waals surface area (Å²) < 4.78 is 0. The number of anilines is 1. The average Bonchev–Trinajstić information content (AvgIpc) is 3.00. The summed E-state index contributed by atoms with van der Waals surface area (Å²) in [6.45, 7) is 4.43. The summed E-state index contributed by atoms with van der Waals surface area (Å²) >= 11 is 0. The number of rotatable bonds is 2. The highest BCUT2D eigenvalue weighted by molar-refractivity contribution is 6.01. The molecule has 1 fully saturated rings. The van der Waals surface area contributed by atoms with Gasteiger partial charge in [0.2, 0.25) is 0 Å². The van der Waals surface area contributed by atoms with Crippen molar-refractivity contribution in [2.45, 2.75) is 19.8 Å². The molecule has 0 bridgehead atoms. The fraction of sp³-hybridized carbons (Fsp3) is 0.353. The molecule has 5 heteroatoms. The topological polar surface area (TPSA) is 57.7 Å². The lowest BCUT2D eigenvalue weighted by Gasteiger charge is -2.32. The van der Waals surface area contributed by atoms with E-state index in [1.165, 1.54) is 12.8 Å². The molecule has 0 amide bonds. The minimum Gasteiger partial charge on any atom is -0.356 e. The molecular formula is C17H19N5. The van der Waals surface area contributed by atoms with E-state index in [1.54, 1.807) is 12.5 Å². The Bertz CT molecular complexity index is 780. The molecule has 3 aromatic heterocycles. The van der Waals surface area contributed by atoms with Crippen LogP contribution in [0.15, 0.2) is 37.1 Å². The van der Waals surface area contributed by atoms with Gasteiger partial charge in [0.25, 0.3) is 0 Å². The highest BCUT2D eigenvalue weighted by atomic mass is 15.2. The van der Waals surface area contributed by atoms with E-state index in [0.29, 0.717) is 5.92 Å². The normalized spacial score (nSPS) is 18.8. The van der Waals surface area contributed by atoms with Crippen LogP contribution in [-0.4, -0.2) is 33.0 Å². The van der Waals surface area contributed by atoms with Gasteiger partial charge < -0.3 is 9.88 Å². The molecule has 1 aliphatic rings. The third-order valence-corrected chi connectivity index (χ3v) is 4.38. The molecule has 0 aromatic carbocycles. The van der Waals surface area contributed by atoms with Crippen LogP contribution >= 0.6 is 0 Å². The first-order valence-corrected chi connectivity index (χ1v) is 7.80. The largest absolute Gasteiger partial charge is 0.356 e. The minimum atomic E-state index is 0.708. The maximum Gasteiger partial charge on any atom is 0.143 e. The molecule has 1 atom stereocenters. The van der Waals surface area contributed by atoms with Gasteiger partial charge in [-0.05, 0) is 24.8 Å². The summed E-state index contributed by atoms with van der Waals surface area (Å²) in [6.07, 6.45) is 9.86. The van der Waals surface area contributed by atoms with Crippen molar-refractivity contribution in [3.8, 4) is 11.1 Å². The van der Waals surface area contributed by atoms with E-state index in [0.717, 1.165) is 41.1 Å². The first-order valence-electron chi connectivity index (χ1n) is 7.80. The first-order chi connectivity index (χ1) is 10.8. The highest BCUT2D eigenvalue weighted by Gasteiger charge is 2.22. The number of nitrogens with zero attached hydrogens (tertiary/aromatic N) is 4. The molecule has 1 aliphatic heterocycles. The van der Waals surface area contributed by atoms with E-state index >= 15 is 0 Å². The van der Waals surface area contributed by atoms with Crippen molar-refractivity contribution in [1.29, 1.82) is 0 Å². The Labute approximate surface area is 129 Å². The highest BCUT2D eigenvalue weighted by Crippen LogP contribution is 2.34. The Kier molecular flexibility index (Phi) is 3.25. The number of aromatic amines is 1. The van der Waals surface area contributed by atoms with E-state index in [9.17, 15) is 0 Å². The molecule has 5 nitrogen and oxygen atoms in total. The van der Waals surface area contributed by atoms with Gasteiger partial charge in [-0.2, -0.15) is 0 Å². The fourth-order valence-corrected chi connectivity index (χ4v) is 3.32. The van der Waals surface area contributed by atoms with Crippen LogP contribution in [0.4, 0.5) is 5.82 Å². The van der Waals surface area contributed by atoms with Gasteiger partial charge in [-0.3, -0.25) is 4.98 Å². The van der Waals surface area contributed by atoms with Gasteiger partial charge in [-0.1, -0.05) is 13.0 Å². The van der Waals surface area contributed by atoms with Crippen LogP contribution in [0.5, 0.6) is 0 Å². The zero-order chi connectivity index (χ0) is 14.9. The molecule has 4 heterocycles. The van der Waals surface area contributed by atoms with Crippen LogP contribution < -0.4 is 4.90 Å². The van der Waals surface area contributed by atoms with Crippen molar-refractivity contribution < 1.29 is 0 Å². The fourth-order valence-electron chi connectivity index (χ4n) is 3.32. The molecule has 0 spiro atoms. The Morgan fingerprint density at radius 2 is 2.27 bits per heavy atom. The number of aromatic nitrogens is 4. The van der Waals surface area contributed by atoms with Crippen molar-refractivity contribution in [2.75, 3.05) is 18.0 Å². The van der Waals surface area contributed by atoms with Gasteiger partial charge in [0, 0.05) is 42.8 Å². The predicted octanol–water partition coefficient (Wildman–Crippen LogP) is 3.26. The average molecular weight is 293 g/mol. The summed E-state index contributed by atoms with van der Waals surface area (Å²) in [5.41, 5.74) is 3.11. The van der Waals surface area contributed by atoms with Crippen molar-refractivity contribution in [2.24, 2.45) is 5.92 Å². The SMILES string of the molecule is C[C@H]1CCCN(c2ncnc3[nH]cc(-c4cccnc4)c23)C1. The lowest BCUT2D eigenvalue weighted by Crippen LogP contribution is -2.35. The number of piperidine rings is 1. The number of pyridine rings is 1. The third-order valence-electron chi connectivity index (χ3n) is 4.38.